The van der Waals surface area contributed by atoms with Gasteiger partial charge in [-0.25, -0.2) is 0 Å². The van der Waals surface area contributed by atoms with Crippen LogP contribution < -0.4 is 5.32 Å². The molecule has 1 N–H and O–H groups in total. The number of anilines is 1. The first kappa shape index (κ1) is 15.1. The van der Waals surface area contributed by atoms with Gasteiger partial charge < -0.3 is 10.2 Å². The van der Waals surface area contributed by atoms with Crippen molar-refractivity contribution in [3.63, 3.8) is 0 Å². The molecule has 0 unspecified atom stereocenters. The van der Waals surface area contributed by atoms with E-state index in [1.165, 1.54) is 0 Å². The lowest BCUT2D eigenvalue weighted by Crippen LogP contribution is -2.27. The van der Waals surface area contributed by atoms with Crippen LogP contribution in [0.4, 0.5) is 5.69 Å². The molecule has 23 heavy (non-hydrogen) atoms. The van der Waals surface area contributed by atoms with E-state index in [9.17, 15) is 4.79 Å². The van der Waals surface area contributed by atoms with Crippen LogP contribution >= 0.6 is 0 Å². The Hall–Kier alpha value is -2.80. The minimum Gasteiger partial charge on any atom is -0.381 e. The van der Waals surface area contributed by atoms with E-state index in [1.54, 1.807) is 0 Å². The van der Waals surface area contributed by atoms with Gasteiger partial charge in [0.1, 0.15) is 0 Å². The van der Waals surface area contributed by atoms with Gasteiger partial charge in [0.25, 0.3) is 5.91 Å². The summed E-state index contributed by atoms with van der Waals surface area (Å²) in [5, 5.41) is 12.1. The highest BCUT2D eigenvalue weighted by molar-refractivity contribution is 5.94. The molecule has 2 aromatic carbocycles. The minimum atomic E-state index is 0.126. The summed E-state index contributed by atoms with van der Waals surface area (Å²) in [6, 6.07) is 17.3. The molecule has 1 heterocycles. The third-order valence-electron chi connectivity index (χ3n) is 4.10. The van der Waals surface area contributed by atoms with Crippen molar-refractivity contribution >= 4 is 11.6 Å². The van der Waals surface area contributed by atoms with Crippen LogP contribution in [0.1, 0.15) is 34.3 Å². The van der Waals surface area contributed by atoms with Crippen LogP contribution in [-0.2, 0) is 6.54 Å². The summed E-state index contributed by atoms with van der Waals surface area (Å²) in [6.07, 6.45) is 2.21. The zero-order valence-corrected chi connectivity index (χ0v) is 13.0. The van der Waals surface area contributed by atoms with E-state index in [4.69, 9.17) is 5.26 Å². The first-order valence-electron chi connectivity index (χ1n) is 7.88. The highest BCUT2D eigenvalue weighted by Crippen LogP contribution is 2.16. The number of rotatable bonds is 4. The van der Waals surface area contributed by atoms with Gasteiger partial charge in [-0.15, -0.1) is 0 Å². The van der Waals surface area contributed by atoms with Gasteiger partial charge in [-0.1, -0.05) is 12.1 Å². The summed E-state index contributed by atoms with van der Waals surface area (Å²) in [5.74, 6) is 0.126. The molecule has 1 aliphatic heterocycles. The lowest BCUT2D eigenvalue weighted by molar-refractivity contribution is 0.0793. The van der Waals surface area contributed by atoms with Crippen LogP contribution in [0.25, 0.3) is 0 Å². The summed E-state index contributed by atoms with van der Waals surface area (Å²) in [5.41, 5.74) is 3.50. The third kappa shape index (κ3) is 3.70. The van der Waals surface area contributed by atoms with E-state index < -0.39 is 0 Å². The van der Waals surface area contributed by atoms with Gasteiger partial charge in [-0.3, -0.25) is 4.79 Å². The van der Waals surface area contributed by atoms with Gasteiger partial charge >= 0.3 is 0 Å². The molecule has 116 valence electrons. The molecule has 2 aromatic rings. The number of nitrogens with one attached hydrogen (secondary N) is 1. The van der Waals surface area contributed by atoms with E-state index in [1.807, 2.05) is 53.4 Å². The SMILES string of the molecule is N#Cc1ccc(CNc2ccc(C(=O)N3CCCC3)cc2)cc1. The molecule has 3 rings (SSSR count). The first-order chi connectivity index (χ1) is 11.3. The molecule has 1 fully saturated rings. The zero-order chi connectivity index (χ0) is 16.1. The summed E-state index contributed by atoms with van der Waals surface area (Å²) in [4.78, 5) is 14.2. The number of amides is 1. The number of nitriles is 1. The van der Waals surface area contributed by atoms with Crippen LogP contribution in [0.15, 0.2) is 48.5 Å². The number of hydrogen-bond donors (Lipinski definition) is 1. The number of carbonyl (C=O) groups excluding carboxylic acids is 1. The normalized spacial score (nSPS) is 13.6. The Balaban J connectivity index is 1.58. The predicted octanol–water partition coefficient (Wildman–Crippen LogP) is 3.41. The van der Waals surface area contributed by atoms with Crippen molar-refractivity contribution in [2.45, 2.75) is 19.4 Å². The molecule has 1 amide bonds. The van der Waals surface area contributed by atoms with Crippen molar-refractivity contribution < 1.29 is 4.79 Å². The molecule has 0 radical (unpaired) electrons. The van der Waals surface area contributed by atoms with Crippen LogP contribution in [-0.4, -0.2) is 23.9 Å². The highest BCUT2D eigenvalue weighted by atomic mass is 16.2. The first-order valence-corrected chi connectivity index (χ1v) is 7.88. The van der Waals surface area contributed by atoms with Crippen LogP contribution in [0.2, 0.25) is 0 Å². The van der Waals surface area contributed by atoms with Crippen LogP contribution in [0, 0.1) is 11.3 Å². The molecule has 0 spiro atoms. The monoisotopic (exact) mass is 305 g/mol. The van der Waals surface area contributed by atoms with Crippen molar-refractivity contribution in [1.82, 2.24) is 4.90 Å². The van der Waals surface area contributed by atoms with Gasteiger partial charge in [-0.05, 0) is 54.8 Å². The smallest absolute Gasteiger partial charge is 0.253 e. The maximum Gasteiger partial charge on any atom is 0.253 e. The third-order valence-corrected chi connectivity index (χ3v) is 4.10. The molecule has 0 aromatic heterocycles. The summed E-state index contributed by atoms with van der Waals surface area (Å²) < 4.78 is 0. The molecule has 0 aliphatic carbocycles. The van der Waals surface area contributed by atoms with E-state index in [2.05, 4.69) is 11.4 Å². The van der Waals surface area contributed by atoms with Crippen molar-refractivity contribution in [1.29, 1.82) is 5.26 Å². The van der Waals surface area contributed by atoms with E-state index >= 15 is 0 Å². The fourth-order valence-corrected chi connectivity index (χ4v) is 2.73. The maximum atomic E-state index is 12.3. The Morgan fingerprint density at radius 3 is 2.30 bits per heavy atom. The Morgan fingerprint density at radius 1 is 1.04 bits per heavy atom. The molecule has 0 atom stereocenters. The van der Waals surface area contributed by atoms with Crippen molar-refractivity contribution in [2.24, 2.45) is 0 Å². The molecule has 4 heteroatoms. The van der Waals surface area contributed by atoms with Crippen LogP contribution in [0.3, 0.4) is 0 Å². The number of carbonyl (C=O) groups is 1. The Labute approximate surface area is 136 Å². The summed E-state index contributed by atoms with van der Waals surface area (Å²) >= 11 is 0. The fraction of sp³-hybridized carbons (Fsp3) is 0.263. The van der Waals surface area contributed by atoms with E-state index in [0.717, 1.165) is 42.7 Å². The number of benzene rings is 2. The Kier molecular flexibility index (Phi) is 4.58. The second-order valence-electron chi connectivity index (χ2n) is 5.74. The van der Waals surface area contributed by atoms with Crippen molar-refractivity contribution in [3.05, 3.63) is 65.2 Å². The molecule has 4 nitrogen and oxygen atoms in total. The van der Waals surface area contributed by atoms with Gasteiger partial charge in [0.2, 0.25) is 0 Å². The van der Waals surface area contributed by atoms with Gasteiger partial charge in [0.15, 0.2) is 0 Å². The maximum absolute atomic E-state index is 12.3. The molecular weight excluding hydrogens is 286 g/mol. The number of likely N-dealkylation sites (tertiary alicyclic amines) is 1. The average Bonchev–Trinajstić information content (AvgIpc) is 3.15. The highest BCUT2D eigenvalue weighted by Gasteiger charge is 2.18. The molecule has 1 saturated heterocycles. The van der Waals surface area contributed by atoms with Gasteiger partial charge in [0.05, 0.1) is 11.6 Å². The average molecular weight is 305 g/mol. The molecule has 0 bridgehead atoms. The second kappa shape index (κ2) is 6.97. The van der Waals surface area contributed by atoms with E-state index in [-0.39, 0.29) is 5.91 Å². The van der Waals surface area contributed by atoms with Crippen molar-refractivity contribution in [2.75, 3.05) is 18.4 Å². The summed E-state index contributed by atoms with van der Waals surface area (Å²) in [6.45, 7) is 2.43. The molecule has 1 aliphatic rings. The van der Waals surface area contributed by atoms with Crippen LogP contribution in [0.5, 0.6) is 0 Å². The predicted molar refractivity (Wildman–Crippen MR) is 90.1 cm³/mol. The lowest BCUT2D eigenvalue weighted by atomic mass is 10.1. The quantitative estimate of drug-likeness (QED) is 0.942. The van der Waals surface area contributed by atoms with Crippen molar-refractivity contribution in [3.8, 4) is 6.07 Å². The topological polar surface area (TPSA) is 56.1 Å². The lowest BCUT2D eigenvalue weighted by Gasteiger charge is -2.15. The van der Waals surface area contributed by atoms with E-state index in [0.29, 0.717) is 12.1 Å². The fourth-order valence-electron chi connectivity index (χ4n) is 2.73. The molecular formula is C19H19N3O. The zero-order valence-electron chi connectivity index (χ0n) is 13.0. The standard InChI is InChI=1S/C19H19N3O/c20-13-15-3-5-16(6-4-15)14-21-18-9-7-17(8-10-18)19(23)22-11-1-2-12-22/h3-10,21H,1-2,11-12,14H2. The second-order valence-corrected chi connectivity index (χ2v) is 5.74. The largest absolute Gasteiger partial charge is 0.381 e. The van der Waals surface area contributed by atoms with Gasteiger partial charge in [-0.2, -0.15) is 5.26 Å². The summed E-state index contributed by atoms with van der Waals surface area (Å²) in [7, 11) is 0. The number of hydrogen-bond acceptors (Lipinski definition) is 3. The van der Waals surface area contributed by atoms with Gasteiger partial charge in [0, 0.05) is 30.9 Å². The minimum absolute atomic E-state index is 0.126. The Morgan fingerprint density at radius 2 is 1.70 bits per heavy atom. The Bertz CT molecular complexity index is 708. The number of nitrogens with zero attached hydrogens (tertiary/aromatic N) is 2. The molecule has 0 saturated carbocycles.